The van der Waals surface area contributed by atoms with Crippen LogP contribution in [0.25, 0.3) is 0 Å². The van der Waals surface area contributed by atoms with Crippen molar-refractivity contribution < 1.29 is 48.3 Å². The van der Waals surface area contributed by atoms with E-state index >= 15 is 0 Å². The number of alkyl halides is 9. The Labute approximate surface area is 92.7 Å². The Balaban J connectivity index is 5.64. The maximum Gasteiger partial charge on any atom is 0.428 e. The molecule has 1 radical (unpaired) electrons. The lowest BCUT2D eigenvalue weighted by molar-refractivity contribution is -0.358. The van der Waals surface area contributed by atoms with E-state index in [1.165, 1.54) is 0 Å². The van der Waals surface area contributed by atoms with Crippen LogP contribution < -0.4 is 0 Å². The molecule has 0 aliphatic heterocycles. The van der Waals surface area contributed by atoms with Crippen LogP contribution in [0.3, 0.4) is 0 Å². The molecule has 0 bridgehead atoms. The minimum absolute atomic E-state index is 0.996. The summed E-state index contributed by atoms with van der Waals surface area (Å²) in [7, 11) is 0. The van der Waals surface area contributed by atoms with Crippen LogP contribution in [0.4, 0.5) is 48.3 Å². The lowest BCUT2D eigenvalue weighted by atomic mass is 9.91. The molecule has 2 atom stereocenters. The second-order valence-corrected chi connectivity index (χ2v) is 3.35. The highest BCUT2D eigenvalue weighted by Crippen LogP contribution is 2.54. The van der Waals surface area contributed by atoms with Crippen molar-refractivity contribution in [1.29, 1.82) is 0 Å². The summed E-state index contributed by atoms with van der Waals surface area (Å²) in [5, 5.41) is 0. The topological polar surface area (TPSA) is 0 Å². The van der Waals surface area contributed by atoms with Gasteiger partial charge in [-0.2, -0.15) is 39.5 Å². The maximum atomic E-state index is 12.7. The summed E-state index contributed by atoms with van der Waals surface area (Å²) in [6.07, 6.45) is -15.4. The second-order valence-electron chi connectivity index (χ2n) is 3.35. The lowest BCUT2D eigenvalue weighted by Crippen LogP contribution is -2.64. The molecule has 0 fully saturated rings. The van der Waals surface area contributed by atoms with Crippen LogP contribution in [-0.4, -0.2) is 29.9 Å². The fourth-order valence-corrected chi connectivity index (χ4v) is 0.787. The van der Waals surface area contributed by atoms with Crippen molar-refractivity contribution in [2.45, 2.75) is 36.8 Å². The van der Waals surface area contributed by atoms with Gasteiger partial charge in [-0.3, -0.25) is 0 Å². The number of rotatable bonds is 4. The average molecular weight is 297 g/mol. The van der Waals surface area contributed by atoms with E-state index in [1.54, 1.807) is 0 Å². The van der Waals surface area contributed by atoms with Crippen LogP contribution in [0.1, 0.15) is 6.92 Å². The summed E-state index contributed by atoms with van der Waals surface area (Å²) >= 11 is 0. The Hall–Kier alpha value is -0.770. The SMILES string of the molecule is CC(F)(C(F)(F)F)C(F)(F)C(F)(F)C(F)[C](F)F. The van der Waals surface area contributed by atoms with Crippen LogP contribution in [0.5, 0.6) is 0 Å². The lowest BCUT2D eigenvalue weighted by Gasteiger charge is -2.37. The largest absolute Gasteiger partial charge is 0.428 e. The minimum atomic E-state index is -6.72. The van der Waals surface area contributed by atoms with E-state index in [4.69, 9.17) is 0 Å². The van der Waals surface area contributed by atoms with Crippen LogP contribution in [0, 0.1) is 6.43 Å². The van der Waals surface area contributed by atoms with E-state index < -0.39 is 43.2 Å². The summed E-state index contributed by atoms with van der Waals surface area (Å²) in [5.74, 6) is -13.3. The molecule has 11 heteroatoms. The molecule has 0 amide bonds. The van der Waals surface area contributed by atoms with Crippen molar-refractivity contribution in [3.05, 3.63) is 6.43 Å². The van der Waals surface area contributed by atoms with Gasteiger partial charge in [-0.15, -0.1) is 0 Å². The third-order valence-electron chi connectivity index (χ3n) is 2.05. The molecule has 0 aromatic rings. The molecule has 0 nitrogen and oxygen atoms in total. The van der Waals surface area contributed by atoms with Gasteiger partial charge < -0.3 is 0 Å². The second kappa shape index (κ2) is 4.41. The molecular formula is C7H4F11. The van der Waals surface area contributed by atoms with E-state index in [-0.39, 0.29) is 0 Å². The number of halogens is 11. The Bertz CT molecular complexity index is 288. The highest BCUT2D eigenvalue weighted by molar-refractivity contribution is 5.08. The molecule has 0 aliphatic rings. The van der Waals surface area contributed by atoms with Gasteiger partial charge in [-0.1, -0.05) is 0 Å². The first-order valence-electron chi connectivity index (χ1n) is 3.94. The van der Waals surface area contributed by atoms with Gasteiger partial charge in [0, 0.05) is 0 Å². The fourth-order valence-electron chi connectivity index (χ4n) is 0.787. The van der Waals surface area contributed by atoms with E-state index in [9.17, 15) is 48.3 Å². The standard InChI is InChI=1S/C7H4F11/c1-4(11,7(16,17)18)6(14,15)5(12,13)2(8)3(9)10/h2H,1H3. The molecule has 0 saturated heterocycles. The predicted octanol–water partition coefficient (Wildman–Crippen LogP) is 4.31. The third kappa shape index (κ3) is 2.35. The molecule has 0 aliphatic carbocycles. The summed E-state index contributed by atoms with van der Waals surface area (Å²) in [4.78, 5) is 0. The van der Waals surface area contributed by atoms with Gasteiger partial charge in [0.05, 0.1) is 0 Å². The van der Waals surface area contributed by atoms with Gasteiger partial charge in [-0.25, -0.2) is 8.78 Å². The molecule has 0 rings (SSSR count). The Morgan fingerprint density at radius 1 is 0.833 bits per heavy atom. The molecule has 0 spiro atoms. The first-order chi connectivity index (χ1) is 7.60. The molecule has 18 heavy (non-hydrogen) atoms. The summed E-state index contributed by atoms with van der Waals surface area (Å²) < 4.78 is 134. The molecule has 109 valence electrons. The van der Waals surface area contributed by atoms with Crippen molar-refractivity contribution in [2.24, 2.45) is 0 Å². The zero-order valence-corrected chi connectivity index (χ0v) is 8.23. The third-order valence-corrected chi connectivity index (χ3v) is 2.05. The van der Waals surface area contributed by atoms with Gasteiger partial charge in [0.15, 0.2) is 0 Å². The first kappa shape index (κ1) is 17.2. The quantitative estimate of drug-likeness (QED) is 0.678. The van der Waals surface area contributed by atoms with Crippen LogP contribution in [0.2, 0.25) is 0 Å². The minimum Gasteiger partial charge on any atom is -0.234 e. The van der Waals surface area contributed by atoms with Crippen LogP contribution >= 0.6 is 0 Å². The molecule has 0 saturated carbocycles. The summed E-state index contributed by atoms with van der Waals surface area (Å²) in [6, 6.07) is 0. The zero-order chi connectivity index (χ0) is 15.2. The van der Waals surface area contributed by atoms with Gasteiger partial charge in [0.1, 0.15) is 0 Å². The fraction of sp³-hybridized carbons (Fsp3) is 0.857. The molecule has 0 N–H and O–H groups in total. The van der Waals surface area contributed by atoms with Gasteiger partial charge in [0.25, 0.3) is 5.67 Å². The monoisotopic (exact) mass is 297 g/mol. The molecule has 0 aromatic heterocycles. The normalized spacial score (nSPS) is 19.8. The molecular weight excluding hydrogens is 293 g/mol. The van der Waals surface area contributed by atoms with Gasteiger partial charge >= 0.3 is 24.4 Å². The zero-order valence-electron chi connectivity index (χ0n) is 8.23. The van der Waals surface area contributed by atoms with Crippen molar-refractivity contribution in [3.63, 3.8) is 0 Å². The van der Waals surface area contributed by atoms with E-state index in [0.717, 1.165) is 0 Å². The van der Waals surface area contributed by atoms with Crippen molar-refractivity contribution in [1.82, 2.24) is 0 Å². The maximum absolute atomic E-state index is 12.7. The van der Waals surface area contributed by atoms with E-state index in [0.29, 0.717) is 0 Å². The van der Waals surface area contributed by atoms with Crippen LogP contribution in [0.15, 0.2) is 0 Å². The molecule has 0 aromatic carbocycles. The smallest absolute Gasteiger partial charge is 0.234 e. The predicted molar refractivity (Wildman–Crippen MR) is 35.8 cm³/mol. The van der Waals surface area contributed by atoms with Gasteiger partial charge in [-0.05, 0) is 6.92 Å². The Kier molecular flexibility index (Phi) is 4.22. The van der Waals surface area contributed by atoms with Gasteiger partial charge in [0.2, 0.25) is 6.17 Å². The van der Waals surface area contributed by atoms with E-state index in [2.05, 4.69) is 0 Å². The van der Waals surface area contributed by atoms with Crippen molar-refractivity contribution >= 4 is 0 Å². The van der Waals surface area contributed by atoms with Crippen LogP contribution in [-0.2, 0) is 0 Å². The molecule has 2 unspecified atom stereocenters. The Morgan fingerprint density at radius 3 is 1.39 bits per heavy atom. The highest BCUT2D eigenvalue weighted by atomic mass is 19.4. The van der Waals surface area contributed by atoms with Crippen molar-refractivity contribution in [3.8, 4) is 0 Å². The van der Waals surface area contributed by atoms with E-state index in [1.807, 2.05) is 0 Å². The summed E-state index contributed by atoms with van der Waals surface area (Å²) in [5.41, 5.74) is -5.89. The Morgan fingerprint density at radius 2 is 1.17 bits per heavy atom. The average Bonchev–Trinajstić information content (AvgIpc) is 2.13. The summed E-state index contributed by atoms with van der Waals surface area (Å²) in [6.45, 7) is -0.996. The number of hydrogen-bond acceptors (Lipinski definition) is 0. The first-order valence-corrected chi connectivity index (χ1v) is 3.94. The highest BCUT2D eigenvalue weighted by Gasteiger charge is 2.80. The number of hydrogen-bond donors (Lipinski definition) is 0. The van der Waals surface area contributed by atoms with Crippen molar-refractivity contribution in [2.75, 3.05) is 0 Å². The molecule has 0 heterocycles.